The van der Waals surface area contributed by atoms with Crippen LogP contribution in [0.5, 0.6) is 0 Å². The summed E-state index contributed by atoms with van der Waals surface area (Å²) in [6.07, 6.45) is 3.16. The summed E-state index contributed by atoms with van der Waals surface area (Å²) in [7, 11) is -0.789. The third-order valence-electron chi connectivity index (χ3n) is 6.11. The minimum absolute atomic E-state index is 0.0569. The molecule has 1 saturated heterocycles. The van der Waals surface area contributed by atoms with Gasteiger partial charge in [-0.15, -0.1) is 0 Å². The van der Waals surface area contributed by atoms with E-state index in [9.17, 15) is 18.0 Å². The minimum Gasteiger partial charge on any atom is -0.371 e. The number of nitrogens with one attached hydrogen (secondary N) is 1. The summed E-state index contributed by atoms with van der Waals surface area (Å²) in [5.41, 5.74) is 2.47. The molecule has 1 aliphatic heterocycles. The van der Waals surface area contributed by atoms with Gasteiger partial charge < -0.3 is 10.2 Å². The molecule has 3 aromatic carbocycles. The van der Waals surface area contributed by atoms with E-state index in [1.54, 1.807) is 60.7 Å². The summed E-state index contributed by atoms with van der Waals surface area (Å²) in [6.45, 7) is 1.61. The molecule has 0 radical (unpaired) electrons. The van der Waals surface area contributed by atoms with E-state index in [1.807, 2.05) is 6.07 Å². The topological polar surface area (TPSA) is 86.8 Å². The van der Waals surface area contributed by atoms with Gasteiger partial charge in [-0.3, -0.25) is 9.59 Å². The van der Waals surface area contributed by atoms with Crippen LogP contribution >= 0.6 is 0 Å². The molecule has 1 heterocycles. The molecule has 0 saturated carbocycles. The quantitative estimate of drug-likeness (QED) is 0.495. The molecule has 1 aliphatic rings. The van der Waals surface area contributed by atoms with Gasteiger partial charge in [0.15, 0.2) is 5.78 Å². The smallest absolute Gasteiger partial charge is 0.257 e. The van der Waals surface area contributed by atoms with Crippen LogP contribution in [0.15, 0.2) is 77.7 Å². The van der Waals surface area contributed by atoms with E-state index in [0.29, 0.717) is 22.5 Å². The van der Waals surface area contributed by atoms with Gasteiger partial charge in [-0.2, -0.15) is 0 Å². The molecule has 0 aromatic heterocycles. The van der Waals surface area contributed by atoms with Gasteiger partial charge in [0, 0.05) is 49.7 Å². The first kappa shape index (κ1) is 24.6. The Morgan fingerprint density at radius 3 is 2.20 bits per heavy atom. The molecule has 35 heavy (non-hydrogen) atoms. The summed E-state index contributed by atoms with van der Waals surface area (Å²) in [6, 6.07) is 20.4. The van der Waals surface area contributed by atoms with Crippen molar-refractivity contribution in [3.8, 4) is 0 Å². The molecule has 0 atom stereocenters. The fourth-order valence-electron chi connectivity index (χ4n) is 4.17. The average molecular weight is 492 g/mol. The first-order valence-corrected chi connectivity index (χ1v) is 13.0. The van der Waals surface area contributed by atoms with Gasteiger partial charge in [0.05, 0.1) is 10.5 Å². The van der Waals surface area contributed by atoms with Crippen LogP contribution in [0, 0.1) is 0 Å². The van der Waals surface area contributed by atoms with Gasteiger partial charge in [0.25, 0.3) is 5.91 Å². The number of hydrogen-bond acceptors (Lipinski definition) is 5. The van der Waals surface area contributed by atoms with E-state index in [1.165, 1.54) is 20.2 Å². The Kier molecular flexibility index (Phi) is 7.33. The van der Waals surface area contributed by atoms with Crippen LogP contribution in [0.25, 0.3) is 0 Å². The lowest BCUT2D eigenvalue weighted by atomic mass is 10.0. The van der Waals surface area contributed by atoms with Gasteiger partial charge in [0.2, 0.25) is 10.0 Å². The van der Waals surface area contributed by atoms with E-state index in [-0.39, 0.29) is 16.2 Å². The highest BCUT2D eigenvalue weighted by atomic mass is 32.2. The zero-order valence-corrected chi connectivity index (χ0v) is 20.7. The average Bonchev–Trinajstić information content (AvgIpc) is 2.89. The fraction of sp³-hybridized carbons (Fsp3) is 0.259. The van der Waals surface area contributed by atoms with Crippen molar-refractivity contribution in [2.45, 2.75) is 24.2 Å². The van der Waals surface area contributed by atoms with Crippen LogP contribution in [0.3, 0.4) is 0 Å². The molecule has 182 valence electrons. The van der Waals surface area contributed by atoms with Crippen LogP contribution in [0.1, 0.15) is 45.5 Å². The molecule has 0 bridgehead atoms. The van der Waals surface area contributed by atoms with Crippen molar-refractivity contribution in [3.05, 3.63) is 89.5 Å². The van der Waals surface area contributed by atoms with Crippen LogP contribution < -0.4 is 10.2 Å². The Balaban J connectivity index is 1.67. The number of piperidine rings is 1. The number of sulfonamides is 1. The molecule has 1 N–H and O–H groups in total. The Morgan fingerprint density at radius 2 is 1.51 bits per heavy atom. The first-order valence-electron chi connectivity index (χ1n) is 11.6. The molecule has 0 unspecified atom stereocenters. The van der Waals surface area contributed by atoms with E-state index in [4.69, 9.17) is 0 Å². The van der Waals surface area contributed by atoms with Crippen molar-refractivity contribution in [2.24, 2.45) is 0 Å². The van der Waals surface area contributed by atoms with E-state index < -0.39 is 15.9 Å². The summed E-state index contributed by atoms with van der Waals surface area (Å²) < 4.78 is 26.6. The lowest BCUT2D eigenvalue weighted by Gasteiger charge is -2.30. The van der Waals surface area contributed by atoms with Crippen LogP contribution in [-0.4, -0.2) is 51.6 Å². The number of anilines is 2. The third-order valence-corrected chi connectivity index (χ3v) is 7.92. The van der Waals surface area contributed by atoms with Gasteiger partial charge in [-0.05, 0) is 49.6 Å². The number of amides is 1. The number of ketones is 1. The molecule has 4 rings (SSSR count). The lowest BCUT2D eigenvalue weighted by Crippen LogP contribution is -2.32. The zero-order chi connectivity index (χ0) is 25.0. The molecule has 1 fully saturated rings. The molecule has 1 amide bonds. The van der Waals surface area contributed by atoms with Gasteiger partial charge >= 0.3 is 0 Å². The molecular weight excluding hydrogens is 462 g/mol. The summed E-state index contributed by atoms with van der Waals surface area (Å²) >= 11 is 0. The fourth-order valence-corrected chi connectivity index (χ4v) is 5.10. The van der Waals surface area contributed by atoms with Crippen LogP contribution in [0.2, 0.25) is 0 Å². The first-order chi connectivity index (χ1) is 16.8. The van der Waals surface area contributed by atoms with Crippen molar-refractivity contribution in [2.75, 3.05) is 37.4 Å². The largest absolute Gasteiger partial charge is 0.371 e. The Bertz CT molecular complexity index is 1330. The van der Waals surface area contributed by atoms with E-state index in [0.717, 1.165) is 36.7 Å². The maximum absolute atomic E-state index is 13.4. The molecule has 3 aromatic rings. The van der Waals surface area contributed by atoms with Crippen molar-refractivity contribution in [1.82, 2.24) is 4.31 Å². The monoisotopic (exact) mass is 491 g/mol. The molecule has 7 nitrogen and oxygen atoms in total. The summed E-state index contributed by atoms with van der Waals surface area (Å²) in [4.78, 5) is 28.5. The highest BCUT2D eigenvalue weighted by molar-refractivity contribution is 7.89. The number of benzene rings is 3. The lowest BCUT2D eigenvalue weighted by molar-refractivity contribution is 0.102. The second-order valence-electron chi connectivity index (χ2n) is 8.74. The number of nitrogens with zero attached hydrogens (tertiary/aromatic N) is 2. The molecule has 0 aliphatic carbocycles. The molecule has 0 spiro atoms. The molecule has 8 heteroatoms. The van der Waals surface area contributed by atoms with E-state index in [2.05, 4.69) is 10.2 Å². The predicted octanol–water partition coefficient (Wildman–Crippen LogP) is 4.41. The van der Waals surface area contributed by atoms with Crippen molar-refractivity contribution >= 4 is 33.1 Å². The highest BCUT2D eigenvalue weighted by Gasteiger charge is 2.24. The van der Waals surface area contributed by atoms with Gasteiger partial charge in [0.1, 0.15) is 0 Å². The van der Waals surface area contributed by atoms with E-state index >= 15 is 0 Å². The number of rotatable bonds is 7. The number of carbonyl (C=O) groups excluding carboxylic acids is 2. The number of hydrogen-bond donors (Lipinski definition) is 1. The number of carbonyl (C=O) groups is 2. The Morgan fingerprint density at radius 1 is 0.829 bits per heavy atom. The van der Waals surface area contributed by atoms with Crippen LogP contribution in [-0.2, 0) is 10.0 Å². The van der Waals surface area contributed by atoms with Crippen LogP contribution in [0.4, 0.5) is 11.4 Å². The maximum atomic E-state index is 13.4. The molecular formula is C27H29N3O4S. The predicted molar refractivity (Wildman–Crippen MR) is 138 cm³/mol. The summed E-state index contributed by atoms with van der Waals surface area (Å²) in [5, 5.41) is 2.87. The minimum atomic E-state index is -3.71. The summed E-state index contributed by atoms with van der Waals surface area (Å²) in [5.74, 6) is -0.569. The third kappa shape index (κ3) is 5.44. The van der Waals surface area contributed by atoms with Crippen molar-refractivity contribution < 1.29 is 18.0 Å². The SMILES string of the molecule is CN(C)S(=O)(=O)c1ccc(N2CCCCC2)c(C(=O)Nc2cccc(C(=O)c3ccccc3)c2)c1. The Labute approximate surface area is 206 Å². The standard InChI is InChI=1S/C27H29N3O4S/c1-29(2)35(33,34)23-14-15-25(30-16-7-4-8-17-30)24(19-23)27(32)28-22-13-9-12-21(18-22)26(31)20-10-5-3-6-11-20/h3,5-6,9-15,18-19H,4,7-8,16-17H2,1-2H3,(H,28,32). The second-order valence-corrected chi connectivity index (χ2v) is 10.9. The highest BCUT2D eigenvalue weighted by Crippen LogP contribution is 2.29. The normalized spacial score (nSPS) is 14.1. The van der Waals surface area contributed by atoms with Gasteiger partial charge in [-0.1, -0.05) is 42.5 Å². The van der Waals surface area contributed by atoms with Crippen molar-refractivity contribution in [1.29, 1.82) is 0 Å². The van der Waals surface area contributed by atoms with Crippen molar-refractivity contribution in [3.63, 3.8) is 0 Å². The maximum Gasteiger partial charge on any atom is 0.257 e. The van der Waals surface area contributed by atoms with Gasteiger partial charge in [-0.25, -0.2) is 12.7 Å². The zero-order valence-electron chi connectivity index (χ0n) is 19.9. The second kappa shape index (κ2) is 10.4. The Hall–Kier alpha value is -3.49.